The molecule has 0 bridgehead atoms. The van der Waals surface area contributed by atoms with E-state index in [-0.39, 0.29) is 11.3 Å². The van der Waals surface area contributed by atoms with E-state index in [1.807, 2.05) is 0 Å². The van der Waals surface area contributed by atoms with E-state index in [0.717, 1.165) is 5.56 Å². The Kier molecular flexibility index (Phi) is 4.39. The average molecular weight is 309 g/mol. The first-order chi connectivity index (χ1) is 9.87. The molecule has 112 valence electrons. The van der Waals surface area contributed by atoms with E-state index in [9.17, 15) is 13.2 Å². The van der Waals surface area contributed by atoms with Gasteiger partial charge in [-0.3, -0.25) is 5.10 Å². The van der Waals surface area contributed by atoms with Crippen LogP contribution in [0.25, 0.3) is 0 Å². The van der Waals surface area contributed by atoms with Crippen LogP contribution in [0.4, 0.5) is 0 Å². The van der Waals surface area contributed by atoms with Crippen molar-refractivity contribution >= 4 is 16.0 Å². The molecular weight excluding hydrogens is 294 g/mol. The van der Waals surface area contributed by atoms with Gasteiger partial charge in [-0.05, 0) is 24.6 Å². The lowest BCUT2D eigenvalue weighted by Crippen LogP contribution is -2.28. The van der Waals surface area contributed by atoms with Gasteiger partial charge in [0.05, 0.1) is 17.5 Å². The number of hydrogen-bond acceptors (Lipinski definition) is 4. The molecule has 2 aromatic rings. The third-order valence-corrected chi connectivity index (χ3v) is 4.33. The number of carbonyl (C=O) groups is 1. The lowest BCUT2D eigenvalue weighted by Gasteiger charge is -2.12. The second kappa shape index (κ2) is 6.06. The number of hydrogen-bond donors (Lipinski definition) is 3. The molecule has 0 aliphatic rings. The van der Waals surface area contributed by atoms with Crippen molar-refractivity contribution in [3.05, 3.63) is 53.3 Å². The SMILES string of the molecule is CC(NS(=O)(=O)Cc1cccc(C(=O)O)c1)c1cn[nH]c1. The van der Waals surface area contributed by atoms with Crippen LogP contribution >= 0.6 is 0 Å². The number of carboxylic acid groups (broad SMARTS) is 1. The van der Waals surface area contributed by atoms with Crippen molar-refractivity contribution in [2.24, 2.45) is 0 Å². The van der Waals surface area contributed by atoms with E-state index >= 15 is 0 Å². The zero-order chi connectivity index (χ0) is 15.5. The first-order valence-electron chi connectivity index (χ1n) is 6.18. The van der Waals surface area contributed by atoms with Crippen molar-refractivity contribution in [2.45, 2.75) is 18.7 Å². The maximum absolute atomic E-state index is 12.1. The monoisotopic (exact) mass is 309 g/mol. The molecule has 3 N–H and O–H groups in total. The Morgan fingerprint density at radius 2 is 2.24 bits per heavy atom. The van der Waals surface area contributed by atoms with Crippen LogP contribution in [-0.4, -0.2) is 29.7 Å². The molecule has 0 saturated heterocycles. The summed E-state index contributed by atoms with van der Waals surface area (Å²) in [6.07, 6.45) is 3.15. The van der Waals surface area contributed by atoms with E-state index in [1.54, 1.807) is 19.2 Å². The van der Waals surface area contributed by atoms with Crippen LogP contribution in [0.2, 0.25) is 0 Å². The number of carboxylic acids is 1. The van der Waals surface area contributed by atoms with Crippen molar-refractivity contribution in [1.29, 1.82) is 0 Å². The van der Waals surface area contributed by atoms with Gasteiger partial charge in [0.1, 0.15) is 0 Å². The van der Waals surface area contributed by atoms with Gasteiger partial charge in [-0.1, -0.05) is 12.1 Å². The summed E-state index contributed by atoms with van der Waals surface area (Å²) in [5, 5.41) is 15.3. The average Bonchev–Trinajstić information content (AvgIpc) is 2.91. The van der Waals surface area contributed by atoms with Crippen molar-refractivity contribution in [1.82, 2.24) is 14.9 Å². The van der Waals surface area contributed by atoms with Gasteiger partial charge in [0.2, 0.25) is 10.0 Å². The Labute approximate surface area is 122 Å². The smallest absolute Gasteiger partial charge is 0.335 e. The number of nitrogens with zero attached hydrogens (tertiary/aromatic N) is 1. The van der Waals surface area contributed by atoms with Crippen LogP contribution in [0.3, 0.4) is 0 Å². The Morgan fingerprint density at radius 3 is 2.86 bits per heavy atom. The molecule has 0 aliphatic heterocycles. The highest BCUT2D eigenvalue weighted by Crippen LogP contribution is 2.14. The molecule has 1 aromatic heterocycles. The minimum absolute atomic E-state index is 0.0607. The van der Waals surface area contributed by atoms with E-state index in [4.69, 9.17) is 5.11 Å². The summed E-state index contributed by atoms with van der Waals surface area (Å²) in [5.74, 6) is -1.37. The number of rotatable bonds is 6. The van der Waals surface area contributed by atoms with E-state index in [2.05, 4.69) is 14.9 Å². The third-order valence-electron chi connectivity index (χ3n) is 2.91. The summed E-state index contributed by atoms with van der Waals surface area (Å²) in [7, 11) is -3.59. The highest BCUT2D eigenvalue weighted by Gasteiger charge is 2.17. The first kappa shape index (κ1) is 15.2. The third kappa shape index (κ3) is 4.14. The largest absolute Gasteiger partial charge is 0.478 e. The Balaban J connectivity index is 2.10. The molecule has 1 aromatic carbocycles. The second-order valence-electron chi connectivity index (χ2n) is 4.64. The van der Waals surface area contributed by atoms with Crippen LogP contribution < -0.4 is 4.72 Å². The van der Waals surface area contributed by atoms with Gasteiger partial charge < -0.3 is 5.11 Å². The van der Waals surface area contributed by atoms with Gasteiger partial charge in [-0.25, -0.2) is 17.9 Å². The summed E-state index contributed by atoms with van der Waals surface area (Å²) in [6, 6.07) is 5.45. The first-order valence-corrected chi connectivity index (χ1v) is 7.83. The number of aromatic amines is 1. The predicted molar refractivity (Wildman–Crippen MR) is 76.2 cm³/mol. The fourth-order valence-electron chi connectivity index (χ4n) is 1.89. The summed E-state index contributed by atoms with van der Waals surface area (Å²) in [6.45, 7) is 1.70. The van der Waals surface area contributed by atoms with Gasteiger partial charge in [0.25, 0.3) is 0 Å². The second-order valence-corrected chi connectivity index (χ2v) is 6.39. The molecule has 7 nitrogen and oxygen atoms in total. The van der Waals surface area contributed by atoms with Gasteiger partial charge in [0.15, 0.2) is 0 Å². The van der Waals surface area contributed by atoms with Gasteiger partial charge in [-0.2, -0.15) is 5.10 Å². The van der Waals surface area contributed by atoms with Gasteiger partial charge in [-0.15, -0.1) is 0 Å². The van der Waals surface area contributed by atoms with Crippen LogP contribution in [0.1, 0.15) is 34.5 Å². The number of H-pyrrole nitrogens is 1. The molecule has 1 unspecified atom stereocenters. The summed E-state index contributed by atoms with van der Waals surface area (Å²) in [5.41, 5.74) is 1.20. The maximum Gasteiger partial charge on any atom is 0.335 e. The molecule has 0 aliphatic carbocycles. The normalized spacial score (nSPS) is 13.0. The number of aromatic nitrogens is 2. The summed E-state index contributed by atoms with van der Waals surface area (Å²) >= 11 is 0. The zero-order valence-electron chi connectivity index (χ0n) is 11.3. The highest BCUT2D eigenvalue weighted by molar-refractivity contribution is 7.88. The summed E-state index contributed by atoms with van der Waals surface area (Å²) in [4.78, 5) is 10.9. The molecule has 0 radical (unpaired) electrons. The molecule has 21 heavy (non-hydrogen) atoms. The van der Waals surface area contributed by atoms with Crippen LogP contribution in [0.5, 0.6) is 0 Å². The zero-order valence-corrected chi connectivity index (χ0v) is 12.1. The van der Waals surface area contributed by atoms with Gasteiger partial charge >= 0.3 is 5.97 Å². The fraction of sp³-hybridized carbons (Fsp3) is 0.231. The lowest BCUT2D eigenvalue weighted by molar-refractivity contribution is 0.0696. The minimum Gasteiger partial charge on any atom is -0.478 e. The minimum atomic E-state index is -3.59. The molecule has 1 heterocycles. The molecule has 0 amide bonds. The number of sulfonamides is 1. The number of aromatic carboxylic acids is 1. The van der Waals surface area contributed by atoms with E-state index < -0.39 is 22.0 Å². The lowest BCUT2D eigenvalue weighted by atomic mass is 10.1. The number of nitrogens with one attached hydrogen (secondary N) is 2. The van der Waals surface area contributed by atoms with Crippen molar-refractivity contribution in [3.63, 3.8) is 0 Å². The van der Waals surface area contributed by atoms with E-state index in [0.29, 0.717) is 5.56 Å². The summed E-state index contributed by atoms with van der Waals surface area (Å²) < 4.78 is 26.7. The highest BCUT2D eigenvalue weighted by atomic mass is 32.2. The van der Waals surface area contributed by atoms with E-state index in [1.165, 1.54) is 24.4 Å². The maximum atomic E-state index is 12.1. The van der Waals surface area contributed by atoms with Gasteiger partial charge in [0, 0.05) is 17.8 Å². The fourth-order valence-corrected chi connectivity index (χ4v) is 3.27. The molecule has 1 atom stereocenters. The molecule has 0 fully saturated rings. The molecule has 2 rings (SSSR count). The van der Waals surface area contributed by atoms with Crippen molar-refractivity contribution in [3.8, 4) is 0 Å². The predicted octanol–water partition coefficient (Wildman–Crippen LogP) is 1.29. The standard InChI is InChI=1S/C13H15N3O4S/c1-9(12-6-14-15-7-12)16-21(19,20)8-10-3-2-4-11(5-10)13(17)18/h2-7,9,16H,8H2,1H3,(H,14,15)(H,17,18). The van der Waals surface area contributed by atoms with Crippen molar-refractivity contribution in [2.75, 3.05) is 0 Å². The number of benzene rings is 1. The topological polar surface area (TPSA) is 112 Å². The molecule has 0 saturated carbocycles. The van der Waals surface area contributed by atoms with Crippen molar-refractivity contribution < 1.29 is 18.3 Å². The molecule has 0 spiro atoms. The quantitative estimate of drug-likeness (QED) is 0.744. The molecular formula is C13H15N3O4S. The Morgan fingerprint density at radius 1 is 1.48 bits per heavy atom. The van der Waals surface area contributed by atoms with Crippen LogP contribution in [0, 0.1) is 0 Å². The van der Waals surface area contributed by atoms with Crippen LogP contribution in [0.15, 0.2) is 36.7 Å². The Bertz CT molecular complexity index is 726. The molecule has 8 heteroatoms. The van der Waals surface area contributed by atoms with Crippen LogP contribution in [-0.2, 0) is 15.8 Å². The Hall–Kier alpha value is -2.19.